The summed E-state index contributed by atoms with van der Waals surface area (Å²) in [6.07, 6.45) is 0. The van der Waals surface area contributed by atoms with Crippen LogP contribution in [0.5, 0.6) is 0 Å². The molecule has 0 saturated heterocycles. The maximum atomic E-state index is 13.0. The first-order chi connectivity index (χ1) is 9.54. The van der Waals surface area contributed by atoms with Gasteiger partial charge in [-0.2, -0.15) is 0 Å². The molecule has 0 aliphatic carbocycles. The van der Waals surface area contributed by atoms with Crippen LogP contribution < -0.4 is 10.6 Å². The molecule has 0 atom stereocenters. The Morgan fingerprint density at radius 1 is 1.20 bits per heavy atom. The lowest BCUT2D eigenvalue weighted by atomic mass is 10.3. The Morgan fingerprint density at radius 2 is 2.00 bits per heavy atom. The van der Waals surface area contributed by atoms with E-state index in [0.717, 1.165) is 17.8 Å². The summed E-state index contributed by atoms with van der Waals surface area (Å²) in [6.45, 7) is 2.10. The van der Waals surface area contributed by atoms with Gasteiger partial charge in [0.05, 0.1) is 12.2 Å². The van der Waals surface area contributed by atoms with Crippen molar-refractivity contribution in [2.75, 3.05) is 5.32 Å². The molecule has 0 saturated carbocycles. The predicted octanol–water partition coefficient (Wildman–Crippen LogP) is 2.99. The van der Waals surface area contributed by atoms with Crippen LogP contribution in [-0.2, 0) is 6.54 Å². The van der Waals surface area contributed by atoms with Gasteiger partial charge in [-0.15, -0.1) is 0 Å². The van der Waals surface area contributed by atoms with E-state index >= 15 is 0 Å². The predicted molar refractivity (Wildman–Crippen MR) is 71.2 cm³/mol. The average molecular weight is 277 g/mol. The molecule has 0 aliphatic heterocycles. The summed E-state index contributed by atoms with van der Waals surface area (Å²) < 4.78 is 25.7. The first-order valence-electron chi connectivity index (χ1n) is 5.97. The van der Waals surface area contributed by atoms with Gasteiger partial charge in [-0.3, -0.25) is 4.98 Å². The molecule has 4 nitrogen and oxygen atoms in total. The Kier molecular flexibility index (Phi) is 4.24. The first kappa shape index (κ1) is 13.9. The topological polar surface area (TPSA) is 54.0 Å². The highest BCUT2D eigenvalue weighted by Crippen LogP contribution is 2.12. The lowest BCUT2D eigenvalue weighted by Crippen LogP contribution is -2.28. The molecule has 0 fully saturated rings. The van der Waals surface area contributed by atoms with Gasteiger partial charge in [0, 0.05) is 17.4 Å². The summed E-state index contributed by atoms with van der Waals surface area (Å²) in [5, 5.41) is 4.99. The van der Waals surface area contributed by atoms with E-state index in [0.29, 0.717) is 5.69 Å². The maximum absolute atomic E-state index is 13.0. The number of carbonyl (C=O) groups excluding carboxylic acids is 1. The minimum absolute atomic E-state index is 0.179. The number of aryl methyl sites for hydroxylation is 1. The van der Waals surface area contributed by atoms with Gasteiger partial charge in [-0.25, -0.2) is 13.6 Å². The molecule has 6 heteroatoms. The van der Waals surface area contributed by atoms with Crippen LogP contribution in [-0.4, -0.2) is 11.0 Å². The highest BCUT2D eigenvalue weighted by atomic mass is 19.2. The zero-order chi connectivity index (χ0) is 14.5. The van der Waals surface area contributed by atoms with Crippen LogP contribution in [0.1, 0.15) is 11.4 Å². The molecule has 104 valence electrons. The smallest absolute Gasteiger partial charge is 0.319 e. The van der Waals surface area contributed by atoms with Crippen molar-refractivity contribution in [3.63, 3.8) is 0 Å². The number of halogens is 2. The fourth-order valence-corrected chi connectivity index (χ4v) is 1.62. The molecule has 2 aromatic rings. The van der Waals surface area contributed by atoms with Crippen LogP contribution in [0.2, 0.25) is 0 Å². The van der Waals surface area contributed by atoms with Gasteiger partial charge in [-0.05, 0) is 31.2 Å². The van der Waals surface area contributed by atoms with Crippen LogP contribution >= 0.6 is 0 Å². The van der Waals surface area contributed by atoms with Crippen molar-refractivity contribution in [2.24, 2.45) is 0 Å². The maximum Gasteiger partial charge on any atom is 0.319 e. The van der Waals surface area contributed by atoms with Gasteiger partial charge in [0.1, 0.15) is 0 Å². The molecule has 1 aromatic heterocycles. The second-order valence-corrected chi connectivity index (χ2v) is 4.21. The third-order valence-corrected chi connectivity index (χ3v) is 2.55. The van der Waals surface area contributed by atoms with Crippen LogP contribution in [0.3, 0.4) is 0 Å². The molecule has 1 aromatic carbocycles. The van der Waals surface area contributed by atoms with Crippen molar-refractivity contribution in [3.05, 3.63) is 59.4 Å². The standard InChI is InChI=1S/C14H13F2N3O/c1-9-3-2-4-11(18-9)8-17-14(20)19-10-5-6-12(15)13(16)7-10/h2-7H,8H2,1H3,(H2,17,19,20). The number of urea groups is 1. The fraction of sp³-hybridized carbons (Fsp3) is 0.143. The number of hydrogen-bond donors (Lipinski definition) is 2. The van der Waals surface area contributed by atoms with E-state index < -0.39 is 17.7 Å². The molecular weight excluding hydrogens is 264 g/mol. The van der Waals surface area contributed by atoms with Gasteiger partial charge in [-0.1, -0.05) is 6.07 Å². The third-order valence-electron chi connectivity index (χ3n) is 2.55. The molecule has 0 unspecified atom stereocenters. The van der Waals surface area contributed by atoms with Crippen molar-refractivity contribution in [1.82, 2.24) is 10.3 Å². The molecule has 2 amide bonds. The minimum Gasteiger partial charge on any atom is -0.332 e. The molecule has 0 radical (unpaired) electrons. The second-order valence-electron chi connectivity index (χ2n) is 4.21. The molecule has 0 aliphatic rings. The summed E-state index contributed by atoms with van der Waals surface area (Å²) in [6, 6.07) is 8.11. The Hall–Kier alpha value is -2.50. The molecule has 2 rings (SSSR count). The zero-order valence-electron chi connectivity index (χ0n) is 10.8. The number of nitrogens with one attached hydrogen (secondary N) is 2. The van der Waals surface area contributed by atoms with Crippen molar-refractivity contribution in [2.45, 2.75) is 13.5 Å². The molecule has 0 spiro atoms. The molecule has 0 bridgehead atoms. The second kappa shape index (κ2) is 6.10. The molecule has 2 N–H and O–H groups in total. The lowest BCUT2D eigenvalue weighted by Gasteiger charge is -2.08. The Morgan fingerprint density at radius 3 is 2.70 bits per heavy atom. The van der Waals surface area contributed by atoms with Gasteiger partial charge >= 0.3 is 6.03 Å². The molecular formula is C14H13F2N3O. The van der Waals surface area contributed by atoms with Crippen LogP contribution in [0.4, 0.5) is 19.3 Å². The van der Waals surface area contributed by atoms with E-state index in [4.69, 9.17) is 0 Å². The van der Waals surface area contributed by atoms with Crippen molar-refractivity contribution >= 4 is 11.7 Å². The first-order valence-corrected chi connectivity index (χ1v) is 5.97. The number of rotatable bonds is 3. The van der Waals surface area contributed by atoms with Crippen LogP contribution in [0.15, 0.2) is 36.4 Å². The fourth-order valence-electron chi connectivity index (χ4n) is 1.62. The number of pyridine rings is 1. The minimum atomic E-state index is -1.01. The Balaban J connectivity index is 1.91. The van der Waals surface area contributed by atoms with E-state index in [2.05, 4.69) is 15.6 Å². The van der Waals surface area contributed by atoms with Crippen molar-refractivity contribution in [1.29, 1.82) is 0 Å². The number of amides is 2. The number of nitrogens with zero attached hydrogens (tertiary/aromatic N) is 1. The normalized spacial score (nSPS) is 10.2. The van der Waals surface area contributed by atoms with E-state index in [1.165, 1.54) is 6.07 Å². The Bertz CT molecular complexity index is 632. The number of benzene rings is 1. The highest BCUT2D eigenvalue weighted by Gasteiger charge is 2.06. The van der Waals surface area contributed by atoms with Crippen molar-refractivity contribution < 1.29 is 13.6 Å². The summed E-state index contributed by atoms with van der Waals surface area (Å²) in [4.78, 5) is 15.8. The summed E-state index contributed by atoms with van der Waals surface area (Å²) in [5.41, 5.74) is 1.74. The van der Waals surface area contributed by atoms with Crippen molar-refractivity contribution in [3.8, 4) is 0 Å². The SMILES string of the molecule is Cc1cccc(CNC(=O)Nc2ccc(F)c(F)c2)n1. The van der Waals surface area contributed by atoms with Crippen LogP contribution in [0.25, 0.3) is 0 Å². The zero-order valence-corrected chi connectivity index (χ0v) is 10.8. The number of hydrogen-bond acceptors (Lipinski definition) is 2. The van der Waals surface area contributed by atoms with Gasteiger partial charge in [0.25, 0.3) is 0 Å². The monoisotopic (exact) mass is 277 g/mol. The van der Waals surface area contributed by atoms with E-state index in [1.54, 1.807) is 6.07 Å². The number of anilines is 1. The summed E-state index contributed by atoms with van der Waals surface area (Å²) in [5.74, 6) is -1.97. The van der Waals surface area contributed by atoms with E-state index in [9.17, 15) is 13.6 Å². The van der Waals surface area contributed by atoms with Crippen LogP contribution in [0, 0.1) is 18.6 Å². The van der Waals surface area contributed by atoms with E-state index in [1.807, 2.05) is 19.1 Å². The Labute approximate surface area is 114 Å². The summed E-state index contributed by atoms with van der Waals surface area (Å²) >= 11 is 0. The third kappa shape index (κ3) is 3.74. The quantitative estimate of drug-likeness (QED) is 0.906. The van der Waals surface area contributed by atoms with Gasteiger partial charge in [0.2, 0.25) is 0 Å². The number of aromatic nitrogens is 1. The average Bonchev–Trinajstić information content (AvgIpc) is 2.41. The van der Waals surface area contributed by atoms with E-state index in [-0.39, 0.29) is 12.2 Å². The molecule has 20 heavy (non-hydrogen) atoms. The van der Waals surface area contributed by atoms with Gasteiger partial charge < -0.3 is 10.6 Å². The lowest BCUT2D eigenvalue weighted by molar-refractivity contribution is 0.251. The van der Waals surface area contributed by atoms with Gasteiger partial charge in [0.15, 0.2) is 11.6 Å². The summed E-state index contributed by atoms with van der Waals surface area (Å²) in [7, 11) is 0. The highest BCUT2D eigenvalue weighted by molar-refractivity contribution is 5.89. The molecule has 1 heterocycles. The number of carbonyl (C=O) groups is 1. The largest absolute Gasteiger partial charge is 0.332 e.